The average molecular weight is 522 g/mol. The summed E-state index contributed by atoms with van der Waals surface area (Å²) in [4.78, 5) is 18.0. The van der Waals surface area contributed by atoms with Crippen LogP contribution in [0, 0.1) is 0 Å². The molecule has 9 nitrogen and oxygen atoms in total. The van der Waals surface area contributed by atoms with Gasteiger partial charge in [-0.1, -0.05) is 18.3 Å². The molecule has 1 aromatic heterocycles. The SMILES string of the molecule is CCCn1c(=NC(=O)c2ccc(S(=O)(=O)N(CCOC)CCOC)cc2)sc2ccc(OC)cc21. The third kappa shape index (κ3) is 6.36. The molecule has 0 unspecified atom stereocenters. The highest BCUT2D eigenvalue weighted by molar-refractivity contribution is 7.89. The third-order valence-corrected chi connectivity index (χ3v) is 8.33. The van der Waals surface area contributed by atoms with Crippen LogP contribution in [0.2, 0.25) is 0 Å². The molecule has 0 radical (unpaired) electrons. The van der Waals surface area contributed by atoms with Crippen molar-refractivity contribution in [3.8, 4) is 5.75 Å². The van der Waals surface area contributed by atoms with Crippen LogP contribution < -0.4 is 9.54 Å². The lowest BCUT2D eigenvalue weighted by Gasteiger charge is -2.21. The molecule has 1 heterocycles. The molecular weight excluding hydrogens is 490 g/mol. The molecule has 0 spiro atoms. The standard InChI is InChI=1S/C24H31N3O6S2/c1-5-12-27-21-17-19(33-4)8-11-22(21)34-24(27)25-23(28)18-6-9-20(10-7-18)35(29,30)26(13-15-31-2)14-16-32-3/h6-11,17H,5,12-16H2,1-4H3. The van der Waals surface area contributed by atoms with Crippen LogP contribution >= 0.6 is 11.3 Å². The van der Waals surface area contributed by atoms with Crippen LogP contribution in [0.5, 0.6) is 5.75 Å². The van der Waals surface area contributed by atoms with E-state index in [9.17, 15) is 13.2 Å². The van der Waals surface area contributed by atoms with E-state index in [0.29, 0.717) is 16.9 Å². The molecule has 0 bridgehead atoms. The first-order valence-corrected chi connectivity index (χ1v) is 13.5. The van der Waals surface area contributed by atoms with E-state index in [-0.39, 0.29) is 31.2 Å². The van der Waals surface area contributed by atoms with Gasteiger partial charge in [-0.25, -0.2) is 8.42 Å². The minimum absolute atomic E-state index is 0.0938. The van der Waals surface area contributed by atoms with E-state index in [1.807, 2.05) is 22.8 Å². The summed E-state index contributed by atoms with van der Waals surface area (Å²) in [6, 6.07) is 11.6. The van der Waals surface area contributed by atoms with E-state index in [1.165, 1.54) is 54.1 Å². The molecule has 0 aliphatic heterocycles. The average Bonchev–Trinajstić information content (AvgIpc) is 3.20. The maximum atomic E-state index is 13.1. The zero-order valence-corrected chi connectivity index (χ0v) is 22.0. The molecule has 0 saturated carbocycles. The highest BCUT2D eigenvalue weighted by Crippen LogP contribution is 2.23. The second-order valence-corrected chi connectivity index (χ2v) is 10.6. The summed E-state index contributed by atoms with van der Waals surface area (Å²) in [6.45, 7) is 3.69. The fraction of sp³-hybridized carbons (Fsp3) is 0.417. The van der Waals surface area contributed by atoms with Gasteiger partial charge >= 0.3 is 0 Å². The van der Waals surface area contributed by atoms with Crippen LogP contribution in [0.1, 0.15) is 23.7 Å². The second kappa shape index (κ2) is 12.4. The van der Waals surface area contributed by atoms with Crippen LogP contribution in [-0.4, -0.2) is 70.8 Å². The first-order chi connectivity index (χ1) is 16.8. The number of methoxy groups -OCH3 is 3. The topological polar surface area (TPSA) is 99.4 Å². The Morgan fingerprint density at radius 3 is 2.26 bits per heavy atom. The summed E-state index contributed by atoms with van der Waals surface area (Å²) in [5.41, 5.74) is 1.26. The number of hydrogen-bond donors (Lipinski definition) is 0. The molecule has 0 aliphatic rings. The Morgan fingerprint density at radius 2 is 1.69 bits per heavy atom. The summed E-state index contributed by atoms with van der Waals surface area (Å²) < 4.78 is 45.9. The van der Waals surface area contributed by atoms with E-state index >= 15 is 0 Å². The molecule has 0 saturated heterocycles. The second-order valence-electron chi connectivity index (χ2n) is 7.70. The summed E-state index contributed by atoms with van der Waals surface area (Å²) in [6.07, 6.45) is 0.875. The van der Waals surface area contributed by atoms with Gasteiger partial charge in [-0.3, -0.25) is 4.79 Å². The molecule has 0 fully saturated rings. The van der Waals surface area contributed by atoms with E-state index in [2.05, 4.69) is 11.9 Å². The van der Waals surface area contributed by atoms with Crippen LogP contribution in [0.4, 0.5) is 0 Å². The van der Waals surface area contributed by atoms with Gasteiger partial charge in [0.25, 0.3) is 5.91 Å². The minimum atomic E-state index is -3.77. The number of hydrogen-bond acceptors (Lipinski definition) is 7. The Balaban J connectivity index is 1.91. The first kappa shape index (κ1) is 27.0. The number of ether oxygens (including phenoxy) is 3. The molecule has 1 amide bonds. The lowest BCUT2D eigenvalue weighted by molar-refractivity contribution is 0.0997. The van der Waals surface area contributed by atoms with Crippen LogP contribution in [0.3, 0.4) is 0 Å². The highest BCUT2D eigenvalue weighted by Gasteiger charge is 2.24. The number of amides is 1. The number of fused-ring (bicyclic) bond motifs is 1. The zero-order chi connectivity index (χ0) is 25.4. The molecule has 2 aromatic carbocycles. The van der Waals surface area contributed by atoms with Crippen molar-refractivity contribution in [3.63, 3.8) is 0 Å². The van der Waals surface area contributed by atoms with Gasteiger partial charge in [0.05, 0.1) is 35.4 Å². The lowest BCUT2D eigenvalue weighted by Crippen LogP contribution is -2.36. The monoisotopic (exact) mass is 521 g/mol. The minimum Gasteiger partial charge on any atom is -0.497 e. The van der Waals surface area contributed by atoms with Crippen molar-refractivity contribution in [1.82, 2.24) is 8.87 Å². The Labute approximate surface area is 209 Å². The first-order valence-electron chi connectivity index (χ1n) is 11.2. The normalized spacial score (nSPS) is 12.5. The Kier molecular flexibility index (Phi) is 9.58. The molecule has 35 heavy (non-hydrogen) atoms. The number of aryl methyl sites for hydroxylation is 1. The lowest BCUT2D eigenvalue weighted by atomic mass is 10.2. The fourth-order valence-corrected chi connectivity index (χ4v) is 5.95. The zero-order valence-electron chi connectivity index (χ0n) is 20.4. The summed E-state index contributed by atoms with van der Waals surface area (Å²) in [7, 11) is 0.881. The van der Waals surface area contributed by atoms with Gasteiger partial charge in [-0.2, -0.15) is 9.30 Å². The Hall–Kier alpha value is -2.57. The van der Waals surface area contributed by atoms with Crippen molar-refractivity contribution in [3.05, 3.63) is 52.8 Å². The van der Waals surface area contributed by atoms with Gasteiger partial charge in [-0.05, 0) is 42.8 Å². The highest BCUT2D eigenvalue weighted by atomic mass is 32.2. The van der Waals surface area contributed by atoms with Crippen molar-refractivity contribution in [2.45, 2.75) is 24.8 Å². The maximum absolute atomic E-state index is 13.1. The van der Waals surface area contributed by atoms with Crippen molar-refractivity contribution in [2.75, 3.05) is 47.6 Å². The molecule has 11 heteroatoms. The molecular formula is C24H31N3O6S2. The number of sulfonamides is 1. The van der Waals surface area contributed by atoms with Crippen LogP contribution in [0.25, 0.3) is 10.2 Å². The number of rotatable bonds is 12. The van der Waals surface area contributed by atoms with Gasteiger partial charge in [0, 0.05) is 45.5 Å². The van der Waals surface area contributed by atoms with Gasteiger partial charge in [0.15, 0.2) is 4.80 Å². The summed E-state index contributed by atoms with van der Waals surface area (Å²) in [5, 5.41) is 0. The number of nitrogens with zero attached hydrogens (tertiary/aromatic N) is 3. The number of carbonyl (C=O) groups excluding carboxylic acids is 1. The summed E-state index contributed by atoms with van der Waals surface area (Å²) in [5.74, 6) is 0.299. The molecule has 0 atom stereocenters. The van der Waals surface area contributed by atoms with Crippen LogP contribution in [0.15, 0.2) is 52.4 Å². The molecule has 190 valence electrons. The molecule has 0 aliphatic carbocycles. The van der Waals surface area contributed by atoms with Gasteiger partial charge in [-0.15, -0.1) is 0 Å². The van der Waals surface area contributed by atoms with E-state index in [4.69, 9.17) is 14.2 Å². The number of aromatic nitrogens is 1. The van der Waals surface area contributed by atoms with E-state index < -0.39 is 15.9 Å². The largest absolute Gasteiger partial charge is 0.497 e. The predicted octanol–water partition coefficient (Wildman–Crippen LogP) is 3.15. The number of benzene rings is 2. The van der Waals surface area contributed by atoms with Crippen molar-refractivity contribution in [1.29, 1.82) is 0 Å². The Bertz CT molecular complexity index is 1310. The molecule has 3 aromatic rings. The third-order valence-electron chi connectivity index (χ3n) is 5.36. The number of carbonyl (C=O) groups is 1. The fourth-order valence-electron chi connectivity index (χ4n) is 3.51. The van der Waals surface area contributed by atoms with E-state index in [1.54, 1.807) is 7.11 Å². The predicted molar refractivity (Wildman–Crippen MR) is 136 cm³/mol. The van der Waals surface area contributed by atoms with Crippen molar-refractivity contribution < 1.29 is 27.4 Å². The molecule has 3 rings (SSSR count). The van der Waals surface area contributed by atoms with Crippen molar-refractivity contribution in [2.24, 2.45) is 4.99 Å². The van der Waals surface area contributed by atoms with Gasteiger partial charge in [0.1, 0.15) is 5.75 Å². The van der Waals surface area contributed by atoms with E-state index in [0.717, 1.165) is 22.4 Å². The Morgan fingerprint density at radius 1 is 1.03 bits per heavy atom. The molecule has 0 N–H and O–H groups in total. The quantitative estimate of drug-likeness (QED) is 0.363. The van der Waals surface area contributed by atoms with Crippen molar-refractivity contribution >= 4 is 37.5 Å². The number of thiazole rings is 1. The van der Waals surface area contributed by atoms with Gasteiger partial charge in [0.2, 0.25) is 10.0 Å². The maximum Gasteiger partial charge on any atom is 0.279 e. The summed E-state index contributed by atoms with van der Waals surface area (Å²) >= 11 is 1.43. The van der Waals surface area contributed by atoms with Gasteiger partial charge < -0.3 is 18.8 Å². The smallest absolute Gasteiger partial charge is 0.279 e. The van der Waals surface area contributed by atoms with Crippen LogP contribution in [-0.2, 0) is 26.0 Å².